The van der Waals surface area contributed by atoms with Crippen molar-refractivity contribution in [3.63, 3.8) is 0 Å². The zero-order valence-corrected chi connectivity index (χ0v) is 9.94. The molecule has 0 spiro atoms. The molecule has 1 aromatic heterocycles. The van der Waals surface area contributed by atoms with Gasteiger partial charge < -0.3 is 16.4 Å². The molecular formula is C11H13F3N4O. The van der Waals surface area contributed by atoms with Gasteiger partial charge in [0.15, 0.2) is 0 Å². The van der Waals surface area contributed by atoms with Crippen LogP contribution in [-0.4, -0.2) is 24.0 Å². The van der Waals surface area contributed by atoms with Crippen LogP contribution in [0.1, 0.15) is 12.1 Å². The molecular weight excluding hydrogens is 261 g/mol. The number of aromatic nitrogens is 1. The van der Waals surface area contributed by atoms with Crippen LogP contribution in [0.25, 0.3) is 0 Å². The largest absolute Gasteiger partial charge is 0.433 e. The lowest BCUT2D eigenvalue weighted by Crippen LogP contribution is -2.28. The number of carbonyl (C=O) groups is 1. The highest BCUT2D eigenvalue weighted by Crippen LogP contribution is 2.34. The van der Waals surface area contributed by atoms with Gasteiger partial charge in [-0.1, -0.05) is 0 Å². The van der Waals surface area contributed by atoms with Crippen LogP contribution in [0.4, 0.5) is 24.5 Å². The van der Waals surface area contributed by atoms with Gasteiger partial charge in [-0.2, -0.15) is 13.2 Å². The molecule has 2 heterocycles. The Kier molecular flexibility index (Phi) is 3.25. The average Bonchev–Trinajstić information content (AvgIpc) is 2.77. The fourth-order valence-electron chi connectivity index (χ4n) is 2.10. The zero-order chi connectivity index (χ0) is 14.2. The summed E-state index contributed by atoms with van der Waals surface area (Å²) in [5, 5.41) is 0. The predicted octanol–water partition coefficient (Wildman–Crippen LogP) is 0.994. The lowest BCUT2D eigenvalue weighted by atomic mass is 10.1. The highest BCUT2D eigenvalue weighted by atomic mass is 19.4. The number of rotatable bonds is 2. The number of hydrogen-bond acceptors (Lipinski definition) is 4. The van der Waals surface area contributed by atoms with Gasteiger partial charge in [-0.05, 0) is 12.5 Å². The second-order valence-corrected chi connectivity index (χ2v) is 4.46. The molecule has 8 heteroatoms. The molecule has 0 bridgehead atoms. The van der Waals surface area contributed by atoms with Crippen LogP contribution >= 0.6 is 0 Å². The Morgan fingerprint density at radius 3 is 2.68 bits per heavy atom. The Morgan fingerprint density at radius 1 is 1.47 bits per heavy atom. The molecule has 1 atom stereocenters. The number of primary amides is 1. The van der Waals surface area contributed by atoms with Gasteiger partial charge in [0, 0.05) is 13.1 Å². The zero-order valence-electron chi connectivity index (χ0n) is 9.94. The predicted molar refractivity (Wildman–Crippen MR) is 63.2 cm³/mol. The van der Waals surface area contributed by atoms with Crippen LogP contribution in [0.2, 0.25) is 0 Å². The number of nitrogens with two attached hydrogens (primary N) is 2. The molecule has 5 nitrogen and oxygen atoms in total. The van der Waals surface area contributed by atoms with E-state index in [0.29, 0.717) is 13.0 Å². The van der Waals surface area contributed by atoms with Gasteiger partial charge >= 0.3 is 6.18 Å². The summed E-state index contributed by atoms with van der Waals surface area (Å²) in [5.41, 5.74) is 10.2. The smallest absolute Gasteiger partial charge is 0.396 e. The van der Waals surface area contributed by atoms with Crippen LogP contribution < -0.4 is 16.4 Å². The molecule has 1 unspecified atom stereocenters. The third kappa shape index (κ3) is 2.72. The topological polar surface area (TPSA) is 85.2 Å². The molecule has 0 aliphatic carbocycles. The Bertz CT molecular complexity index is 503. The number of amides is 1. The highest BCUT2D eigenvalue weighted by Gasteiger charge is 2.34. The van der Waals surface area contributed by atoms with Crippen molar-refractivity contribution in [3.05, 3.63) is 18.0 Å². The molecule has 0 aromatic carbocycles. The maximum Gasteiger partial charge on any atom is 0.433 e. The van der Waals surface area contributed by atoms with Gasteiger partial charge in [0.25, 0.3) is 0 Å². The van der Waals surface area contributed by atoms with Gasteiger partial charge in [-0.15, -0.1) is 0 Å². The summed E-state index contributed by atoms with van der Waals surface area (Å²) in [4.78, 5) is 16.0. The fourth-order valence-corrected chi connectivity index (χ4v) is 2.10. The molecule has 1 aliphatic heterocycles. The Labute approximate surface area is 107 Å². The first-order valence-electron chi connectivity index (χ1n) is 5.66. The molecule has 1 fully saturated rings. The van der Waals surface area contributed by atoms with Gasteiger partial charge in [0.05, 0.1) is 23.5 Å². The van der Waals surface area contributed by atoms with Crippen molar-refractivity contribution in [1.29, 1.82) is 0 Å². The summed E-state index contributed by atoms with van der Waals surface area (Å²) >= 11 is 0. The maximum atomic E-state index is 12.6. The average molecular weight is 274 g/mol. The van der Waals surface area contributed by atoms with E-state index in [-0.39, 0.29) is 23.8 Å². The minimum atomic E-state index is -4.52. The maximum absolute atomic E-state index is 12.6. The van der Waals surface area contributed by atoms with E-state index in [1.807, 2.05) is 0 Å². The summed E-state index contributed by atoms with van der Waals surface area (Å²) in [7, 11) is 0. The number of nitrogens with zero attached hydrogens (tertiary/aromatic N) is 2. The SMILES string of the molecule is NC(=O)C1CCN(c2cc(C(F)(F)F)ncc2N)C1. The van der Waals surface area contributed by atoms with E-state index >= 15 is 0 Å². The molecule has 4 N–H and O–H groups in total. The number of alkyl halides is 3. The summed E-state index contributed by atoms with van der Waals surface area (Å²) in [6.45, 7) is 0.722. The van der Waals surface area contributed by atoms with Crippen molar-refractivity contribution in [3.8, 4) is 0 Å². The van der Waals surface area contributed by atoms with Crippen LogP contribution in [0.5, 0.6) is 0 Å². The number of nitrogen functional groups attached to an aromatic ring is 1. The molecule has 1 aliphatic rings. The molecule has 0 saturated carbocycles. The van der Waals surface area contributed by atoms with E-state index < -0.39 is 17.8 Å². The second kappa shape index (κ2) is 4.60. The third-order valence-electron chi connectivity index (χ3n) is 3.13. The summed E-state index contributed by atoms with van der Waals surface area (Å²) in [6.07, 6.45) is -3.03. The van der Waals surface area contributed by atoms with Gasteiger partial charge in [-0.3, -0.25) is 4.79 Å². The van der Waals surface area contributed by atoms with Crippen molar-refractivity contribution < 1.29 is 18.0 Å². The monoisotopic (exact) mass is 274 g/mol. The number of halogens is 3. The number of carbonyl (C=O) groups excluding carboxylic acids is 1. The van der Waals surface area contributed by atoms with E-state index in [4.69, 9.17) is 11.5 Å². The fraction of sp³-hybridized carbons (Fsp3) is 0.455. The van der Waals surface area contributed by atoms with Crippen LogP contribution in [-0.2, 0) is 11.0 Å². The van der Waals surface area contributed by atoms with Crippen LogP contribution in [0.15, 0.2) is 12.3 Å². The van der Waals surface area contributed by atoms with Crippen molar-refractivity contribution in [2.45, 2.75) is 12.6 Å². The van der Waals surface area contributed by atoms with E-state index in [1.54, 1.807) is 4.90 Å². The minimum Gasteiger partial charge on any atom is -0.396 e. The second-order valence-electron chi connectivity index (χ2n) is 4.46. The van der Waals surface area contributed by atoms with Crippen LogP contribution in [0.3, 0.4) is 0 Å². The van der Waals surface area contributed by atoms with Gasteiger partial charge in [0.2, 0.25) is 5.91 Å². The lowest BCUT2D eigenvalue weighted by molar-refractivity contribution is -0.141. The Morgan fingerprint density at radius 2 is 2.16 bits per heavy atom. The van der Waals surface area contributed by atoms with E-state index in [2.05, 4.69) is 4.98 Å². The summed E-state index contributed by atoms with van der Waals surface area (Å²) in [6, 6.07) is 0.901. The van der Waals surface area contributed by atoms with Crippen molar-refractivity contribution >= 4 is 17.3 Å². The third-order valence-corrected chi connectivity index (χ3v) is 3.13. The summed E-state index contributed by atoms with van der Waals surface area (Å²) < 4.78 is 37.8. The first-order valence-corrected chi connectivity index (χ1v) is 5.66. The number of pyridine rings is 1. The van der Waals surface area contributed by atoms with Crippen molar-refractivity contribution in [1.82, 2.24) is 4.98 Å². The van der Waals surface area contributed by atoms with E-state index in [1.165, 1.54) is 0 Å². The Hall–Kier alpha value is -1.99. The number of hydrogen-bond donors (Lipinski definition) is 2. The van der Waals surface area contributed by atoms with E-state index in [0.717, 1.165) is 12.3 Å². The molecule has 19 heavy (non-hydrogen) atoms. The molecule has 0 radical (unpaired) electrons. The quantitative estimate of drug-likeness (QED) is 0.842. The summed E-state index contributed by atoms with van der Waals surface area (Å²) in [5.74, 6) is -0.812. The first-order chi connectivity index (χ1) is 8.79. The highest BCUT2D eigenvalue weighted by molar-refractivity contribution is 5.79. The first kappa shape index (κ1) is 13.4. The molecule has 2 rings (SSSR count). The Balaban J connectivity index is 2.28. The number of anilines is 2. The van der Waals surface area contributed by atoms with Gasteiger partial charge in [0.1, 0.15) is 5.69 Å². The van der Waals surface area contributed by atoms with E-state index in [9.17, 15) is 18.0 Å². The van der Waals surface area contributed by atoms with Crippen molar-refractivity contribution in [2.24, 2.45) is 11.7 Å². The molecule has 1 amide bonds. The molecule has 1 saturated heterocycles. The molecule has 104 valence electrons. The van der Waals surface area contributed by atoms with Gasteiger partial charge in [-0.25, -0.2) is 4.98 Å². The van der Waals surface area contributed by atoms with Crippen LogP contribution in [0, 0.1) is 5.92 Å². The normalized spacial score (nSPS) is 19.7. The minimum absolute atomic E-state index is 0.151. The van der Waals surface area contributed by atoms with Crippen molar-refractivity contribution in [2.75, 3.05) is 23.7 Å². The molecule has 1 aromatic rings. The lowest BCUT2D eigenvalue weighted by Gasteiger charge is -2.21. The standard InChI is InChI=1S/C11H13F3N4O/c12-11(13,14)9-3-8(7(15)4-17-9)18-2-1-6(5-18)10(16)19/h3-4,6H,1-2,5,15H2,(H2,16,19).